The first-order valence-electron chi connectivity index (χ1n) is 10.1. The number of sulfonamides is 1. The van der Waals surface area contributed by atoms with Crippen LogP contribution in [0.4, 0.5) is 0 Å². The molecule has 0 unspecified atom stereocenters. The fourth-order valence-corrected chi connectivity index (χ4v) is 6.66. The summed E-state index contributed by atoms with van der Waals surface area (Å²) in [4.78, 5) is 16.1. The molecule has 0 saturated carbocycles. The van der Waals surface area contributed by atoms with Crippen molar-refractivity contribution in [1.82, 2.24) is 14.6 Å². The highest BCUT2D eigenvalue weighted by atomic mass is 32.2. The number of rotatable bonds is 6. The topological polar surface area (TPSA) is 88.6 Å². The number of carbonyl (C=O) groups excluding carboxylic acids is 1. The standard InChI is InChI=1S/C23H29N3O4S/c1-6-20(27)25-17-14-22(2,3)26(23(4,5)15-17)31(28,29)19-12-13-21(24-16-19)30-18-10-8-7-9-11-18/h6-13,16-17H,1,14-15H2,2-5H3,(H,25,27). The van der Waals surface area contributed by atoms with Crippen molar-refractivity contribution in [2.45, 2.75) is 62.6 Å². The average molecular weight is 444 g/mol. The quantitative estimate of drug-likeness (QED) is 0.685. The number of hydrogen-bond donors (Lipinski definition) is 1. The molecular formula is C23H29N3O4S. The number of aromatic nitrogens is 1. The van der Waals surface area contributed by atoms with Crippen LogP contribution in [0.1, 0.15) is 40.5 Å². The molecule has 0 spiro atoms. The third-order valence-corrected chi connectivity index (χ3v) is 7.64. The van der Waals surface area contributed by atoms with E-state index in [4.69, 9.17) is 4.74 Å². The number of nitrogens with one attached hydrogen (secondary N) is 1. The van der Waals surface area contributed by atoms with Crippen molar-refractivity contribution in [3.05, 3.63) is 61.3 Å². The van der Waals surface area contributed by atoms with Gasteiger partial charge in [0.2, 0.25) is 21.8 Å². The van der Waals surface area contributed by atoms with E-state index in [1.807, 2.05) is 45.9 Å². The molecule has 31 heavy (non-hydrogen) atoms. The maximum absolute atomic E-state index is 13.6. The molecule has 0 atom stereocenters. The molecule has 1 aromatic heterocycles. The largest absolute Gasteiger partial charge is 0.439 e. The van der Waals surface area contributed by atoms with Crippen LogP contribution in [0.15, 0.2) is 66.2 Å². The van der Waals surface area contributed by atoms with Crippen molar-refractivity contribution in [2.24, 2.45) is 0 Å². The normalized spacial score (nSPS) is 18.8. The highest BCUT2D eigenvalue weighted by molar-refractivity contribution is 7.89. The molecule has 2 heterocycles. The smallest absolute Gasteiger partial charge is 0.245 e. The fourth-order valence-electron chi connectivity index (χ4n) is 4.57. The van der Waals surface area contributed by atoms with Gasteiger partial charge in [0, 0.05) is 23.2 Å². The summed E-state index contributed by atoms with van der Waals surface area (Å²) in [5.41, 5.74) is -1.45. The van der Waals surface area contributed by atoms with Gasteiger partial charge in [-0.15, -0.1) is 0 Å². The minimum atomic E-state index is -3.84. The Hall–Kier alpha value is -2.71. The summed E-state index contributed by atoms with van der Waals surface area (Å²) in [5, 5.41) is 2.91. The molecule has 7 nitrogen and oxygen atoms in total. The molecule has 1 aromatic carbocycles. The van der Waals surface area contributed by atoms with Crippen LogP contribution < -0.4 is 10.1 Å². The summed E-state index contributed by atoms with van der Waals surface area (Å²) < 4.78 is 34.4. The van der Waals surface area contributed by atoms with Gasteiger partial charge in [0.05, 0.1) is 6.20 Å². The van der Waals surface area contributed by atoms with Gasteiger partial charge in [-0.2, -0.15) is 4.31 Å². The third kappa shape index (κ3) is 4.97. The second-order valence-electron chi connectivity index (χ2n) is 8.96. The molecule has 1 aliphatic rings. The van der Waals surface area contributed by atoms with Crippen molar-refractivity contribution in [2.75, 3.05) is 0 Å². The number of amides is 1. The number of ether oxygens (including phenoxy) is 1. The lowest BCUT2D eigenvalue weighted by Crippen LogP contribution is -2.65. The van der Waals surface area contributed by atoms with E-state index in [2.05, 4.69) is 16.9 Å². The van der Waals surface area contributed by atoms with Gasteiger partial charge in [-0.25, -0.2) is 13.4 Å². The van der Waals surface area contributed by atoms with Crippen LogP contribution in [-0.2, 0) is 14.8 Å². The minimum absolute atomic E-state index is 0.0997. The Bertz CT molecular complexity index is 1030. The first kappa shape index (κ1) is 23.0. The Morgan fingerprint density at radius 3 is 2.26 bits per heavy atom. The first-order chi connectivity index (χ1) is 14.5. The van der Waals surface area contributed by atoms with Crippen LogP contribution >= 0.6 is 0 Å². The maximum Gasteiger partial charge on any atom is 0.245 e. The minimum Gasteiger partial charge on any atom is -0.439 e. The zero-order valence-corrected chi connectivity index (χ0v) is 19.1. The summed E-state index contributed by atoms with van der Waals surface area (Å²) in [6.45, 7) is 11.0. The molecular weight excluding hydrogens is 414 g/mol. The lowest BCUT2D eigenvalue weighted by atomic mass is 9.79. The number of carbonyl (C=O) groups is 1. The molecule has 1 saturated heterocycles. The van der Waals surface area contributed by atoms with E-state index in [0.717, 1.165) is 0 Å². The number of hydrogen-bond acceptors (Lipinski definition) is 5. The van der Waals surface area contributed by atoms with Crippen molar-refractivity contribution in [3.8, 4) is 11.6 Å². The van der Waals surface area contributed by atoms with Crippen LogP contribution in [0.3, 0.4) is 0 Å². The Morgan fingerprint density at radius 2 is 1.74 bits per heavy atom. The van der Waals surface area contributed by atoms with Gasteiger partial charge >= 0.3 is 0 Å². The van der Waals surface area contributed by atoms with Gasteiger partial charge in [-0.05, 0) is 64.8 Å². The molecule has 3 rings (SSSR count). The second kappa shape index (κ2) is 8.43. The van der Waals surface area contributed by atoms with Crippen molar-refractivity contribution in [3.63, 3.8) is 0 Å². The van der Waals surface area contributed by atoms with Gasteiger partial charge < -0.3 is 10.1 Å². The summed E-state index contributed by atoms with van der Waals surface area (Å²) in [6.07, 6.45) is 3.52. The van der Waals surface area contributed by atoms with Crippen LogP contribution in [0.25, 0.3) is 0 Å². The third-order valence-electron chi connectivity index (χ3n) is 5.34. The zero-order chi connectivity index (χ0) is 22.9. The molecule has 1 amide bonds. The average Bonchev–Trinajstić information content (AvgIpc) is 2.66. The van der Waals surface area contributed by atoms with E-state index in [1.54, 1.807) is 18.2 Å². The predicted octanol–water partition coefficient (Wildman–Crippen LogP) is 3.89. The monoisotopic (exact) mass is 443 g/mol. The SMILES string of the molecule is C=CC(=O)NC1CC(C)(C)N(S(=O)(=O)c2ccc(Oc3ccccc3)nc2)C(C)(C)C1. The number of para-hydroxylation sites is 1. The Labute approximate surface area is 184 Å². The molecule has 166 valence electrons. The molecule has 2 aromatic rings. The van der Waals surface area contributed by atoms with Gasteiger partial charge in [0.1, 0.15) is 10.6 Å². The molecule has 1 aliphatic heterocycles. The Kier molecular flexibility index (Phi) is 6.25. The van der Waals surface area contributed by atoms with Crippen LogP contribution in [-0.4, -0.2) is 40.7 Å². The van der Waals surface area contributed by atoms with Crippen molar-refractivity contribution in [1.29, 1.82) is 0 Å². The van der Waals surface area contributed by atoms with E-state index in [0.29, 0.717) is 24.5 Å². The van der Waals surface area contributed by atoms with Crippen LogP contribution in [0.5, 0.6) is 11.6 Å². The Morgan fingerprint density at radius 1 is 1.13 bits per heavy atom. The van der Waals surface area contributed by atoms with E-state index < -0.39 is 21.1 Å². The Balaban J connectivity index is 1.86. The number of pyridine rings is 1. The first-order valence-corrected chi connectivity index (χ1v) is 11.6. The molecule has 0 bridgehead atoms. The molecule has 0 radical (unpaired) electrons. The lowest BCUT2D eigenvalue weighted by Gasteiger charge is -2.53. The zero-order valence-electron chi connectivity index (χ0n) is 18.3. The molecule has 8 heteroatoms. The van der Waals surface area contributed by atoms with Crippen molar-refractivity contribution >= 4 is 15.9 Å². The highest BCUT2D eigenvalue weighted by Gasteiger charge is 2.51. The summed E-state index contributed by atoms with van der Waals surface area (Å²) in [7, 11) is -3.84. The number of piperidine rings is 1. The van der Waals surface area contributed by atoms with Gasteiger partial charge in [0.25, 0.3) is 0 Å². The molecule has 1 N–H and O–H groups in total. The predicted molar refractivity (Wildman–Crippen MR) is 119 cm³/mol. The summed E-state index contributed by atoms with van der Waals surface area (Å²) in [5.74, 6) is 0.678. The number of nitrogens with zero attached hydrogens (tertiary/aromatic N) is 2. The van der Waals surface area contributed by atoms with E-state index >= 15 is 0 Å². The molecule has 1 fully saturated rings. The van der Waals surface area contributed by atoms with Crippen molar-refractivity contribution < 1.29 is 17.9 Å². The van der Waals surface area contributed by atoms with Crippen LogP contribution in [0.2, 0.25) is 0 Å². The lowest BCUT2D eigenvalue weighted by molar-refractivity contribution is -0.118. The molecule has 0 aliphatic carbocycles. The number of benzene rings is 1. The van der Waals surface area contributed by atoms with E-state index in [9.17, 15) is 13.2 Å². The second-order valence-corrected chi connectivity index (χ2v) is 10.7. The fraction of sp³-hybridized carbons (Fsp3) is 0.391. The van der Waals surface area contributed by atoms with E-state index in [1.165, 1.54) is 22.6 Å². The van der Waals surface area contributed by atoms with Gasteiger partial charge in [0.15, 0.2) is 0 Å². The highest BCUT2D eigenvalue weighted by Crippen LogP contribution is 2.42. The van der Waals surface area contributed by atoms with Gasteiger partial charge in [-0.1, -0.05) is 24.8 Å². The summed E-state index contributed by atoms with van der Waals surface area (Å²) >= 11 is 0. The van der Waals surface area contributed by atoms with E-state index in [-0.39, 0.29) is 16.8 Å². The van der Waals surface area contributed by atoms with Crippen LogP contribution in [0, 0.1) is 0 Å². The maximum atomic E-state index is 13.6. The summed E-state index contributed by atoms with van der Waals surface area (Å²) in [6, 6.07) is 12.1. The van der Waals surface area contributed by atoms with Gasteiger partial charge in [-0.3, -0.25) is 4.79 Å².